The molecule has 0 bridgehead atoms. The zero-order valence-corrected chi connectivity index (χ0v) is 15.5. The van der Waals surface area contributed by atoms with Crippen LogP contribution in [0, 0.1) is 0 Å². The summed E-state index contributed by atoms with van der Waals surface area (Å²) in [5, 5.41) is 4.20. The van der Waals surface area contributed by atoms with Crippen molar-refractivity contribution in [2.75, 3.05) is 5.32 Å². The second-order valence-corrected chi connectivity index (χ2v) is 6.78. The number of hydrogen-bond donors (Lipinski definition) is 1. The number of rotatable bonds is 5. The van der Waals surface area contributed by atoms with Crippen LogP contribution < -0.4 is 5.32 Å². The van der Waals surface area contributed by atoms with Crippen molar-refractivity contribution in [3.05, 3.63) is 100 Å². The molecule has 2 amide bonds. The molecule has 3 aromatic rings. The van der Waals surface area contributed by atoms with Crippen LogP contribution in [0.25, 0.3) is 0 Å². The quantitative estimate of drug-likeness (QED) is 0.555. The summed E-state index contributed by atoms with van der Waals surface area (Å²) in [4.78, 5) is 14.6. The van der Waals surface area contributed by atoms with Crippen LogP contribution in [0.4, 0.5) is 10.5 Å². The molecule has 0 unspecified atom stereocenters. The van der Waals surface area contributed by atoms with Crippen LogP contribution in [-0.2, 0) is 13.1 Å². The van der Waals surface area contributed by atoms with Gasteiger partial charge in [0.05, 0.1) is 0 Å². The van der Waals surface area contributed by atoms with E-state index in [-0.39, 0.29) is 6.03 Å². The Morgan fingerprint density at radius 1 is 0.769 bits per heavy atom. The van der Waals surface area contributed by atoms with Crippen LogP contribution in [0.2, 0.25) is 10.0 Å². The minimum absolute atomic E-state index is 0.184. The molecule has 0 aliphatic carbocycles. The highest BCUT2D eigenvalue weighted by Gasteiger charge is 2.15. The van der Waals surface area contributed by atoms with Crippen molar-refractivity contribution in [3.8, 4) is 0 Å². The van der Waals surface area contributed by atoms with Crippen LogP contribution in [0.15, 0.2) is 78.9 Å². The number of benzene rings is 3. The molecule has 0 atom stereocenters. The summed E-state index contributed by atoms with van der Waals surface area (Å²) < 4.78 is 0. The minimum Gasteiger partial charge on any atom is -0.316 e. The zero-order valence-electron chi connectivity index (χ0n) is 14.0. The molecule has 5 heteroatoms. The molecule has 3 aromatic carbocycles. The lowest BCUT2D eigenvalue weighted by Gasteiger charge is -2.23. The summed E-state index contributed by atoms with van der Waals surface area (Å²) in [6.07, 6.45) is 0. The van der Waals surface area contributed by atoms with Gasteiger partial charge in [-0.15, -0.1) is 0 Å². The molecule has 0 aliphatic rings. The third kappa shape index (κ3) is 5.25. The number of amides is 2. The smallest absolute Gasteiger partial charge is 0.316 e. The Kier molecular flexibility index (Phi) is 6.16. The Hall–Kier alpha value is -2.49. The van der Waals surface area contributed by atoms with E-state index in [4.69, 9.17) is 23.2 Å². The second-order valence-electron chi connectivity index (χ2n) is 5.91. The molecule has 3 rings (SSSR count). The Morgan fingerprint density at radius 3 is 2.12 bits per heavy atom. The maximum Gasteiger partial charge on any atom is 0.322 e. The van der Waals surface area contributed by atoms with Crippen molar-refractivity contribution < 1.29 is 4.79 Å². The van der Waals surface area contributed by atoms with Gasteiger partial charge >= 0.3 is 6.03 Å². The largest absolute Gasteiger partial charge is 0.322 e. The summed E-state index contributed by atoms with van der Waals surface area (Å²) in [7, 11) is 0. The van der Waals surface area contributed by atoms with Crippen LogP contribution >= 0.6 is 23.2 Å². The molecule has 0 radical (unpaired) electrons. The van der Waals surface area contributed by atoms with Crippen molar-refractivity contribution >= 4 is 34.9 Å². The first-order chi connectivity index (χ1) is 12.6. The normalized spacial score (nSPS) is 10.4. The first kappa shape index (κ1) is 18.3. The Labute approximate surface area is 163 Å². The molecule has 26 heavy (non-hydrogen) atoms. The number of halogens is 2. The first-order valence-electron chi connectivity index (χ1n) is 8.20. The lowest BCUT2D eigenvalue weighted by Crippen LogP contribution is -2.34. The standard InChI is InChI=1S/C21H18Cl2N2O/c22-18-9-11-20(12-10-18)24-21(26)25(14-16-5-2-1-3-6-16)15-17-7-4-8-19(23)13-17/h1-13H,14-15H2,(H,24,26). The number of hydrogen-bond acceptors (Lipinski definition) is 1. The molecule has 0 spiro atoms. The summed E-state index contributed by atoms with van der Waals surface area (Å²) in [6.45, 7) is 0.946. The molecule has 0 saturated carbocycles. The summed E-state index contributed by atoms with van der Waals surface area (Å²) in [6, 6.07) is 24.3. The topological polar surface area (TPSA) is 32.3 Å². The molecule has 0 aromatic heterocycles. The van der Waals surface area contributed by atoms with E-state index in [1.165, 1.54) is 0 Å². The van der Waals surface area contributed by atoms with Gasteiger partial charge in [0.25, 0.3) is 0 Å². The van der Waals surface area contributed by atoms with Crippen molar-refractivity contribution in [2.45, 2.75) is 13.1 Å². The summed E-state index contributed by atoms with van der Waals surface area (Å²) in [5.41, 5.74) is 2.73. The third-order valence-electron chi connectivity index (χ3n) is 3.86. The molecule has 132 valence electrons. The Bertz CT molecular complexity index is 867. The fourth-order valence-corrected chi connectivity index (χ4v) is 2.93. The van der Waals surface area contributed by atoms with E-state index in [2.05, 4.69) is 5.32 Å². The number of anilines is 1. The van der Waals surface area contributed by atoms with Crippen LogP contribution in [-0.4, -0.2) is 10.9 Å². The van der Waals surface area contributed by atoms with Crippen LogP contribution in [0.1, 0.15) is 11.1 Å². The number of carbonyl (C=O) groups excluding carboxylic acids is 1. The van der Waals surface area contributed by atoms with Crippen LogP contribution in [0.5, 0.6) is 0 Å². The Morgan fingerprint density at radius 2 is 1.42 bits per heavy atom. The van der Waals surface area contributed by atoms with Crippen molar-refractivity contribution in [2.24, 2.45) is 0 Å². The molecule has 0 aliphatic heterocycles. The second kappa shape index (κ2) is 8.75. The SMILES string of the molecule is O=C(Nc1ccc(Cl)cc1)N(Cc1ccccc1)Cc1cccc(Cl)c1. The Balaban J connectivity index is 1.79. The number of urea groups is 1. The van der Waals surface area contributed by atoms with Gasteiger partial charge in [0.2, 0.25) is 0 Å². The van der Waals surface area contributed by atoms with E-state index >= 15 is 0 Å². The van der Waals surface area contributed by atoms with Gasteiger partial charge in [-0.2, -0.15) is 0 Å². The highest BCUT2D eigenvalue weighted by molar-refractivity contribution is 6.30. The third-order valence-corrected chi connectivity index (χ3v) is 4.35. The van der Waals surface area contributed by atoms with E-state index in [0.29, 0.717) is 28.8 Å². The predicted molar refractivity (Wildman–Crippen MR) is 108 cm³/mol. The fourth-order valence-electron chi connectivity index (χ4n) is 2.59. The summed E-state index contributed by atoms with van der Waals surface area (Å²) >= 11 is 12.0. The van der Waals surface area contributed by atoms with Gasteiger partial charge < -0.3 is 10.2 Å². The monoisotopic (exact) mass is 384 g/mol. The molecular formula is C21H18Cl2N2O. The fraction of sp³-hybridized carbons (Fsp3) is 0.0952. The molecule has 0 fully saturated rings. The number of nitrogens with one attached hydrogen (secondary N) is 1. The van der Waals surface area contributed by atoms with Crippen molar-refractivity contribution in [1.29, 1.82) is 0 Å². The zero-order chi connectivity index (χ0) is 18.4. The van der Waals surface area contributed by atoms with Gasteiger partial charge in [-0.25, -0.2) is 4.79 Å². The maximum atomic E-state index is 12.8. The summed E-state index contributed by atoms with van der Waals surface area (Å²) in [5.74, 6) is 0. The van der Waals surface area contributed by atoms with Gasteiger partial charge in [0, 0.05) is 28.8 Å². The molecule has 1 N–H and O–H groups in total. The van der Waals surface area contributed by atoms with Crippen LogP contribution in [0.3, 0.4) is 0 Å². The van der Waals surface area contributed by atoms with Gasteiger partial charge in [-0.05, 0) is 47.5 Å². The van der Waals surface area contributed by atoms with E-state index in [9.17, 15) is 4.79 Å². The van der Waals surface area contributed by atoms with Crippen molar-refractivity contribution in [1.82, 2.24) is 4.90 Å². The maximum absolute atomic E-state index is 12.8. The molecule has 0 heterocycles. The lowest BCUT2D eigenvalue weighted by molar-refractivity contribution is 0.206. The number of nitrogens with zero attached hydrogens (tertiary/aromatic N) is 1. The van der Waals surface area contributed by atoms with Gasteiger partial charge in [-0.1, -0.05) is 65.7 Å². The average molecular weight is 385 g/mol. The van der Waals surface area contributed by atoms with E-state index in [1.54, 1.807) is 29.2 Å². The predicted octanol–water partition coefficient (Wildman–Crippen LogP) is 6.23. The number of carbonyl (C=O) groups is 1. The van der Waals surface area contributed by atoms with Gasteiger partial charge in [0.15, 0.2) is 0 Å². The lowest BCUT2D eigenvalue weighted by atomic mass is 10.2. The van der Waals surface area contributed by atoms with Gasteiger partial charge in [0.1, 0.15) is 0 Å². The van der Waals surface area contributed by atoms with E-state index in [0.717, 1.165) is 11.1 Å². The highest BCUT2D eigenvalue weighted by Crippen LogP contribution is 2.18. The molecule has 3 nitrogen and oxygen atoms in total. The molecule has 0 saturated heterocycles. The molecular weight excluding hydrogens is 367 g/mol. The minimum atomic E-state index is -0.184. The van der Waals surface area contributed by atoms with E-state index < -0.39 is 0 Å². The van der Waals surface area contributed by atoms with E-state index in [1.807, 2.05) is 54.6 Å². The first-order valence-corrected chi connectivity index (χ1v) is 8.95. The highest BCUT2D eigenvalue weighted by atomic mass is 35.5. The van der Waals surface area contributed by atoms with Crippen molar-refractivity contribution in [3.63, 3.8) is 0 Å². The van der Waals surface area contributed by atoms with Gasteiger partial charge in [-0.3, -0.25) is 0 Å². The average Bonchev–Trinajstić information content (AvgIpc) is 2.64.